The Labute approximate surface area is 145 Å². The fourth-order valence-corrected chi connectivity index (χ4v) is 5.06. The normalized spacial score (nSPS) is 27.2. The van der Waals surface area contributed by atoms with Gasteiger partial charge in [0.1, 0.15) is 0 Å². The van der Waals surface area contributed by atoms with Crippen molar-refractivity contribution in [1.29, 1.82) is 0 Å². The first-order valence-corrected chi connectivity index (χ1v) is 10.7. The first-order valence-electron chi connectivity index (χ1n) is 8.81. The second-order valence-corrected chi connectivity index (χ2v) is 9.68. The van der Waals surface area contributed by atoms with E-state index in [1.807, 2.05) is 26.1 Å². The van der Waals surface area contributed by atoms with Gasteiger partial charge in [-0.3, -0.25) is 4.79 Å². The van der Waals surface area contributed by atoms with Gasteiger partial charge in [-0.15, -0.1) is 0 Å². The van der Waals surface area contributed by atoms with E-state index >= 15 is 0 Å². The fraction of sp³-hybridized carbons (Fsp3) is 0.632. The van der Waals surface area contributed by atoms with Crippen molar-refractivity contribution in [2.75, 3.05) is 13.3 Å². The molecule has 1 amide bonds. The maximum atomic E-state index is 12.6. The molecule has 1 aromatic rings. The summed E-state index contributed by atoms with van der Waals surface area (Å²) < 4.78 is 23.1. The molecular formula is C19H27NO3S. The quantitative estimate of drug-likeness (QED) is 0.818. The maximum absolute atomic E-state index is 12.6. The molecule has 0 unspecified atom stereocenters. The molecule has 0 aliphatic heterocycles. The second kappa shape index (κ2) is 6.51. The first-order chi connectivity index (χ1) is 11.3. The van der Waals surface area contributed by atoms with E-state index in [9.17, 15) is 13.2 Å². The van der Waals surface area contributed by atoms with Crippen molar-refractivity contribution in [3.8, 4) is 0 Å². The van der Waals surface area contributed by atoms with Crippen LogP contribution in [0.25, 0.3) is 0 Å². The third-order valence-electron chi connectivity index (χ3n) is 6.09. The topological polar surface area (TPSA) is 54.5 Å². The standard InChI is InChI=1S/C19H27NO3S/c1-13(15-6-8-18(9-7-15)24(3,22)23)20(2)19(21)12-17-11-14-4-5-16(17)10-14/h6-9,13-14,16-17H,4-5,10-12H2,1-3H3/t13-,14+,16+,17+/m1/s1. The van der Waals surface area contributed by atoms with Crippen molar-refractivity contribution < 1.29 is 13.2 Å². The molecule has 2 aliphatic rings. The molecule has 3 rings (SSSR count). The number of carbonyl (C=O) groups excluding carboxylic acids is 1. The zero-order chi connectivity index (χ0) is 17.5. The van der Waals surface area contributed by atoms with Gasteiger partial charge in [0, 0.05) is 19.7 Å². The molecular weight excluding hydrogens is 322 g/mol. The Morgan fingerprint density at radius 1 is 1.21 bits per heavy atom. The Morgan fingerprint density at radius 2 is 1.88 bits per heavy atom. The molecule has 2 aliphatic carbocycles. The van der Waals surface area contributed by atoms with Crippen molar-refractivity contribution in [3.05, 3.63) is 29.8 Å². The zero-order valence-corrected chi connectivity index (χ0v) is 15.6. The summed E-state index contributed by atoms with van der Waals surface area (Å²) in [4.78, 5) is 14.8. The number of amides is 1. The molecule has 2 bridgehead atoms. The monoisotopic (exact) mass is 349 g/mol. The average molecular weight is 349 g/mol. The third-order valence-corrected chi connectivity index (χ3v) is 7.21. The number of fused-ring (bicyclic) bond motifs is 2. The average Bonchev–Trinajstić information content (AvgIpc) is 3.15. The smallest absolute Gasteiger partial charge is 0.223 e. The molecule has 24 heavy (non-hydrogen) atoms. The fourth-order valence-electron chi connectivity index (χ4n) is 4.43. The Bertz CT molecular complexity index is 711. The highest BCUT2D eigenvalue weighted by Crippen LogP contribution is 2.49. The van der Waals surface area contributed by atoms with Crippen LogP contribution in [0.2, 0.25) is 0 Å². The van der Waals surface area contributed by atoms with Crippen molar-refractivity contribution in [3.63, 3.8) is 0 Å². The summed E-state index contributed by atoms with van der Waals surface area (Å²) >= 11 is 0. The van der Waals surface area contributed by atoms with Crippen molar-refractivity contribution in [2.45, 2.75) is 50.0 Å². The maximum Gasteiger partial charge on any atom is 0.223 e. The number of carbonyl (C=O) groups is 1. The van der Waals surface area contributed by atoms with Gasteiger partial charge in [0.25, 0.3) is 0 Å². The van der Waals surface area contributed by atoms with Gasteiger partial charge in [0.2, 0.25) is 5.91 Å². The Balaban J connectivity index is 1.63. The van der Waals surface area contributed by atoms with Gasteiger partial charge in [-0.2, -0.15) is 0 Å². The van der Waals surface area contributed by atoms with E-state index in [0.29, 0.717) is 17.2 Å². The van der Waals surface area contributed by atoms with Crippen molar-refractivity contribution in [1.82, 2.24) is 4.90 Å². The number of sulfone groups is 1. The highest BCUT2D eigenvalue weighted by Gasteiger charge is 2.40. The minimum Gasteiger partial charge on any atom is -0.339 e. The Morgan fingerprint density at radius 3 is 2.38 bits per heavy atom. The van der Waals surface area contributed by atoms with Crippen LogP contribution in [0.4, 0.5) is 0 Å². The molecule has 4 atom stereocenters. The summed E-state index contributed by atoms with van der Waals surface area (Å²) in [6, 6.07) is 6.81. The van der Waals surface area contributed by atoms with E-state index < -0.39 is 9.84 Å². The molecule has 1 aromatic carbocycles. The van der Waals surface area contributed by atoms with E-state index in [0.717, 1.165) is 17.4 Å². The number of hydrogen-bond donors (Lipinski definition) is 0. The number of nitrogens with zero attached hydrogens (tertiary/aromatic N) is 1. The Kier molecular flexibility index (Phi) is 4.73. The third kappa shape index (κ3) is 3.51. The molecule has 5 heteroatoms. The van der Waals surface area contributed by atoms with Gasteiger partial charge in [-0.05, 0) is 61.6 Å². The van der Waals surface area contributed by atoms with Crippen LogP contribution in [-0.2, 0) is 14.6 Å². The van der Waals surface area contributed by atoms with E-state index in [1.54, 1.807) is 17.0 Å². The number of benzene rings is 1. The lowest BCUT2D eigenvalue weighted by Gasteiger charge is -2.29. The molecule has 0 aromatic heterocycles. The van der Waals surface area contributed by atoms with Gasteiger partial charge < -0.3 is 4.90 Å². The summed E-state index contributed by atoms with van der Waals surface area (Å²) in [5.41, 5.74) is 0.964. The molecule has 0 N–H and O–H groups in total. The predicted molar refractivity (Wildman–Crippen MR) is 94.3 cm³/mol. The van der Waals surface area contributed by atoms with Crippen LogP contribution >= 0.6 is 0 Å². The van der Waals surface area contributed by atoms with Gasteiger partial charge in [0.15, 0.2) is 9.84 Å². The first kappa shape index (κ1) is 17.5. The van der Waals surface area contributed by atoms with Gasteiger partial charge in [0.05, 0.1) is 10.9 Å². The minimum absolute atomic E-state index is 0.0512. The highest BCUT2D eigenvalue weighted by molar-refractivity contribution is 7.90. The van der Waals surface area contributed by atoms with E-state index in [-0.39, 0.29) is 11.9 Å². The lowest BCUT2D eigenvalue weighted by molar-refractivity contribution is -0.133. The second-order valence-electron chi connectivity index (χ2n) is 7.66. The zero-order valence-electron chi connectivity index (χ0n) is 14.7. The summed E-state index contributed by atoms with van der Waals surface area (Å²) in [6.45, 7) is 1.99. The molecule has 2 fully saturated rings. The van der Waals surface area contributed by atoms with Crippen molar-refractivity contribution >= 4 is 15.7 Å². The van der Waals surface area contributed by atoms with Gasteiger partial charge in [-0.1, -0.05) is 18.6 Å². The van der Waals surface area contributed by atoms with Gasteiger partial charge in [-0.25, -0.2) is 8.42 Å². The summed E-state index contributed by atoms with van der Waals surface area (Å²) in [5.74, 6) is 2.39. The van der Waals surface area contributed by atoms with E-state index in [4.69, 9.17) is 0 Å². The van der Waals surface area contributed by atoms with Crippen LogP contribution in [0.15, 0.2) is 29.2 Å². The molecule has 2 saturated carbocycles. The molecule has 0 heterocycles. The SMILES string of the molecule is C[C@H](c1ccc(S(C)(=O)=O)cc1)N(C)C(=O)C[C@@H]1C[C@H]2CC[C@H]1C2. The molecule has 0 saturated heterocycles. The molecule has 0 spiro atoms. The summed E-state index contributed by atoms with van der Waals surface area (Å²) in [5, 5.41) is 0. The molecule has 4 nitrogen and oxygen atoms in total. The van der Waals surface area contributed by atoms with Crippen LogP contribution in [0.3, 0.4) is 0 Å². The Hall–Kier alpha value is -1.36. The summed E-state index contributed by atoms with van der Waals surface area (Å²) in [6.07, 6.45) is 7.06. The lowest BCUT2D eigenvalue weighted by Crippen LogP contribution is -2.32. The number of rotatable bonds is 5. The summed E-state index contributed by atoms with van der Waals surface area (Å²) in [7, 11) is -1.33. The van der Waals surface area contributed by atoms with Gasteiger partial charge >= 0.3 is 0 Å². The largest absolute Gasteiger partial charge is 0.339 e. The van der Waals surface area contributed by atoms with Crippen LogP contribution in [-0.4, -0.2) is 32.5 Å². The minimum atomic E-state index is -3.18. The van der Waals surface area contributed by atoms with Crippen LogP contribution in [0, 0.1) is 17.8 Å². The predicted octanol–water partition coefficient (Wildman–Crippen LogP) is 3.44. The molecule has 0 radical (unpaired) electrons. The van der Waals surface area contributed by atoms with Crippen LogP contribution < -0.4 is 0 Å². The lowest BCUT2D eigenvalue weighted by atomic mass is 9.86. The van der Waals surface area contributed by atoms with E-state index in [2.05, 4.69) is 0 Å². The van der Waals surface area contributed by atoms with Crippen molar-refractivity contribution in [2.24, 2.45) is 17.8 Å². The number of hydrogen-bond acceptors (Lipinski definition) is 3. The molecule has 132 valence electrons. The van der Waals surface area contributed by atoms with Crippen LogP contribution in [0.5, 0.6) is 0 Å². The van der Waals surface area contributed by atoms with E-state index in [1.165, 1.54) is 31.9 Å². The van der Waals surface area contributed by atoms with Crippen LogP contribution in [0.1, 0.15) is 50.6 Å². The highest BCUT2D eigenvalue weighted by atomic mass is 32.2.